The Morgan fingerprint density at radius 1 is 1.12 bits per heavy atom. The SMILES string of the molecule is C=C1CC2C(CCC3(C)C(C)=CCC23)C2(C)C=CC(=O)C=C12.CC.CC. The van der Waals surface area contributed by atoms with Gasteiger partial charge in [-0.1, -0.05) is 71.4 Å². The van der Waals surface area contributed by atoms with Crippen molar-refractivity contribution in [2.75, 3.05) is 0 Å². The first-order valence-electron chi connectivity index (χ1n) is 10.7. The predicted molar refractivity (Wildman–Crippen MR) is 113 cm³/mol. The molecule has 0 bridgehead atoms. The molecule has 0 N–H and O–H groups in total. The first-order chi connectivity index (χ1) is 12.4. The summed E-state index contributed by atoms with van der Waals surface area (Å²) in [5, 5.41) is 0. The van der Waals surface area contributed by atoms with Gasteiger partial charge in [0, 0.05) is 5.41 Å². The van der Waals surface area contributed by atoms with Crippen LogP contribution in [0.25, 0.3) is 0 Å². The zero-order valence-electron chi connectivity index (χ0n) is 18.0. The van der Waals surface area contributed by atoms with E-state index in [1.165, 1.54) is 30.4 Å². The summed E-state index contributed by atoms with van der Waals surface area (Å²) in [6.45, 7) is 19.5. The van der Waals surface area contributed by atoms with Gasteiger partial charge >= 0.3 is 0 Å². The van der Waals surface area contributed by atoms with Crippen LogP contribution >= 0.6 is 0 Å². The number of hydrogen-bond donors (Lipinski definition) is 0. The predicted octanol–water partition coefficient (Wildman–Crippen LogP) is 7.07. The highest BCUT2D eigenvalue weighted by atomic mass is 16.1. The van der Waals surface area contributed by atoms with Gasteiger partial charge in [0.25, 0.3) is 0 Å². The lowest BCUT2D eigenvalue weighted by Gasteiger charge is -2.57. The van der Waals surface area contributed by atoms with Crippen LogP contribution in [0.3, 0.4) is 0 Å². The number of fused-ring (bicyclic) bond motifs is 5. The van der Waals surface area contributed by atoms with E-state index in [-0.39, 0.29) is 11.2 Å². The molecule has 0 aliphatic heterocycles. The van der Waals surface area contributed by atoms with E-state index in [1.54, 1.807) is 11.6 Å². The fraction of sp³-hybridized carbons (Fsp3) is 0.640. The monoisotopic (exact) mass is 354 g/mol. The Balaban J connectivity index is 0.000000570. The van der Waals surface area contributed by atoms with Gasteiger partial charge in [-0.05, 0) is 73.5 Å². The molecule has 2 fully saturated rings. The quantitative estimate of drug-likeness (QED) is 0.425. The third kappa shape index (κ3) is 2.98. The summed E-state index contributed by atoms with van der Waals surface area (Å²) in [6.07, 6.45) is 13.2. The molecular weight excluding hydrogens is 316 g/mol. The fourth-order valence-electron chi connectivity index (χ4n) is 5.99. The molecule has 0 spiro atoms. The lowest BCUT2D eigenvalue weighted by molar-refractivity contribution is -0.110. The molecule has 0 heterocycles. The summed E-state index contributed by atoms with van der Waals surface area (Å²) < 4.78 is 0. The van der Waals surface area contributed by atoms with Crippen molar-refractivity contribution in [3.8, 4) is 0 Å². The highest BCUT2D eigenvalue weighted by Gasteiger charge is 2.56. The maximum atomic E-state index is 11.8. The Bertz CT molecular complexity index is 662. The van der Waals surface area contributed by atoms with Crippen molar-refractivity contribution in [3.05, 3.63) is 47.6 Å². The van der Waals surface area contributed by atoms with Crippen LogP contribution in [0.2, 0.25) is 0 Å². The first kappa shape index (κ1) is 20.9. The number of carbonyl (C=O) groups excluding carboxylic acids is 1. The van der Waals surface area contributed by atoms with Crippen LogP contribution in [-0.4, -0.2) is 5.78 Å². The number of ketones is 1. The van der Waals surface area contributed by atoms with Crippen molar-refractivity contribution in [2.45, 2.75) is 74.1 Å². The van der Waals surface area contributed by atoms with Gasteiger partial charge in [0.15, 0.2) is 5.78 Å². The minimum atomic E-state index is 0.0196. The summed E-state index contributed by atoms with van der Waals surface area (Å²) in [7, 11) is 0. The van der Waals surface area contributed by atoms with Crippen molar-refractivity contribution in [2.24, 2.45) is 28.6 Å². The maximum absolute atomic E-state index is 11.8. The van der Waals surface area contributed by atoms with Gasteiger partial charge in [0.1, 0.15) is 0 Å². The Morgan fingerprint density at radius 2 is 1.77 bits per heavy atom. The van der Waals surface area contributed by atoms with E-state index in [0.717, 1.165) is 12.3 Å². The topological polar surface area (TPSA) is 17.1 Å². The third-order valence-corrected chi connectivity index (χ3v) is 7.50. The number of hydrogen-bond acceptors (Lipinski definition) is 1. The van der Waals surface area contributed by atoms with Crippen LogP contribution < -0.4 is 0 Å². The molecule has 0 radical (unpaired) electrons. The van der Waals surface area contributed by atoms with Crippen molar-refractivity contribution in [1.29, 1.82) is 0 Å². The molecule has 2 saturated carbocycles. The lowest BCUT2D eigenvalue weighted by Crippen LogP contribution is -2.49. The van der Waals surface area contributed by atoms with Crippen LogP contribution in [0, 0.1) is 28.6 Å². The minimum Gasteiger partial charge on any atom is -0.290 e. The summed E-state index contributed by atoms with van der Waals surface area (Å²) >= 11 is 0. The Labute approximate surface area is 161 Å². The number of carbonyl (C=O) groups is 1. The smallest absolute Gasteiger partial charge is 0.178 e. The molecule has 5 atom stereocenters. The molecule has 4 aliphatic carbocycles. The van der Waals surface area contributed by atoms with Gasteiger partial charge in [0.2, 0.25) is 0 Å². The van der Waals surface area contributed by atoms with Crippen molar-refractivity contribution in [3.63, 3.8) is 0 Å². The van der Waals surface area contributed by atoms with Crippen molar-refractivity contribution >= 4 is 5.78 Å². The molecular formula is C25H38O. The molecule has 0 amide bonds. The number of allylic oxidation sites excluding steroid dienone is 7. The second kappa shape index (κ2) is 7.71. The Morgan fingerprint density at radius 3 is 2.42 bits per heavy atom. The van der Waals surface area contributed by atoms with E-state index in [2.05, 4.69) is 39.5 Å². The summed E-state index contributed by atoms with van der Waals surface area (Å²) in [4.78, 5) is 11.8. The molecule has 0 aromatic carbocycles. The van der Waals surface area contributed by atoms with Gasteiger partial charge in [-0.15, -0.1) is 0 Å². The van der Waals surface area contributed by atoms with E-state index in [0.29, 0.717) is 17.3 Å². The minimum absolute atomic E-state index is 0.0196. The van der Waals surface area contributed by atoms with Gasteiger partial charge in [-0.2, -0.15) is 0 Å². The van der Waals surface area contributed by atoms with Gasteiger partial charge < -0.3 is 0 Å². The van der Waals surface area contributed by atoms with Crippen molar-refractivity contribution < 1.29 is 4.79 Å². The largest absolute Gasteiger partial charge is 0.290 e. The zero-order chi connectivity index (χ0) is 19.7. The highest BCUT2D eigenvalue weighted by Crippen LogP contribution is 2.65. The summed E-state index contributed by atoms with van der Waals surface area (Å²) in [5.74, 6) is 2.25. The third-order valence-electron chi connectivity index (χ3n) is 7.50. The molecule has 0 aromatic rings. The van der Waals surface area contributed by atoms with Gasteiger partial charge in [0.05, 0.1) is 0 Å². The van der Waals surface area contributed by atoms with Crippen LogP contribution in [0.15, 0.2) is 47.6 Å². The average molecular weight is 355 g/mol. The van der Waals surface area contributed by atoms with Crippen LogP contribution in [0.5, 0.6) is 0 Å². The molecule has 5 unspecified atom stereocenters. The van der Waals surface area contributed by atoms with Crippen LogP contribution in [0.4, 0.5) is 0 Å². The highest BCUT2D eigenvalue weighted by molar-refractivity contribution is 6.01. The molecule has 1 nitrogen and oxygen atoms in total. The van der Waals surface area contributed by atoms with E-state index < -0.39 is 0 Å². The molecule has 1 heteroatoms. The molecule has 4 aliphatic rings. The Kier molecular flexibility index (Phi) is 6.20. The van der Waals surface area contributed by atoms with E-state index >= 15 is 0 Å². The molecule has 0 saturated heterocycles. The fourth-order valence-corrected chi connectivity index (χ4v) is 5.99. The summed E-state index contributed by atoms with van der Waals surface area (Å²) in [5.41, 5.74) is 4.43. The lowest BCUT2D eigenvalue weighted by atomic mass is 9.47. The van der Waals surface area contributed by atoms with E-state index in [1.807, 2.05) is 33.8 Å². The molecule has 26 heavy (non-hydrogen) atoms. The van der Waals surface area contributed by atoms with Crippen molar-refractivity contribution in [1.82, 2.24) is 0 Å². The van der Waals surface area contributed by atoms with Gasteiger partial charge in [-0.25, -0.2) is 0 Å². The van der Waals surface area contributed by atoms with E-state index in [9.17, 15) is 4.79 Å². The molecule has 4 rings (SSSR count). The first-order valence-corrected chi connectivity index (χ1v) is 10.7. The second-order valence-electron chi connectivity index (χ2n) is 8.34. The number of rotatable bonds is 0. The van der Waals surface area contributed by atoms with Crippen LogP contribution in [0.1, 0.15) is 74.1 Å². The second-order valence-corrected chi connectivity index (χ2v) is 8.34. The zero-order valence-corrected chi connectivity index (χ0v) is 18.0. The van der Waals surface area contributed by atoms with Crippen LogP contribution in [-0.2, 0) is 4.79 Å². The van der Waals surface area contributed by atoms with E-state index in [4.69, 9.17) is 0 Å². The summed E-state index contributed by atoms with van der Waals surface area (Å²) in [6, 6.07) is 0. The normalized spacial score (nSPS) is 39.9. The average Bonchev–Trinajstić information content (AvgIpc) is 2.95. The Hall–Kier alpha value is -1.37. The standard InChI is InChI=1S/C21H26O.2C2H6/c1-13-11-16-17-6-5-14(2)20(17,3)10-8-18(16)21(4)9-7-15(22)12-19(13)21;2*1-2/h5,7,9,12,16-18H,1,6,8,10-11H2,2-4H3;2*1-2H3. The molecule has 144 valence electrons. The maximum Gasteiger partial charge on any atom is 0.178 e. The molecule has 0 aromatic heterocycles. The van der Waals surface area contributed by atoms with Gasteiger partial charge in [-0.3, -0.25) is 4.79 Å².